The zero-order chi connectivity index (χ0) is 13.5. The highest BCUT2D eigenvalue weighted by atomic mass is 16.5. The van der Waals surface area contributed by atoms with Gasteiger partial charge in [-0.25, -0.2) is 0 Å². The van der Waals surface area contributed by atoms with Crippen LogP contribution in [-0.2, 0) is 17.9 Å². The summed E-state index contributed by atoms with van der Waals surface area (Å²) in [5.41, 5.74) is 1.23. The fraction of sp³-hybridized carbons (Fsp3) is 0.750. The number of ether oxygens (including phenoxy) is 1. The van der Waals surface area contributed by atoms with Crippen molar-refractivity contribution in [1.82, 2.24) is 5.32 Å². The highest BCUT2D eigenvalue weighted by Crippen LogP contribution is 2.27. The molecule has 1 aromatic rings. The van der Waals surface area contributed by atoms with Gasteiger partial charge in [-0.2, -0.15) is 0 Å². The molecule has 0 spiro atoms. The first kappa shape index (κ1) is 14.6. The van der Waals surface area contributed by atoms with Crippen molar-refractivity contribution in [3.8, 4) is 0 Å². The predicted molar refractivity (Wildman–Crippen MR) is 76.9 cm³/mol. The molecule has 1 saturated carbocycles. The van der Waals surface area contributed by atoms with Crippen molar-refractivity contribution in [2.24, 2.45) is 5.92 Å². The first-order valence-corrected chi connectivity index (χ1v) is 7.68. The summed E-state index contributed by atoms with van der Waals surface area (Å²) in [5, 5.41) is 3.41. The molecule has 108 valence electrons. The Balaban J connectivity index is 1.80. The van der Waals surface area contributed by atoms with Crippen LogP contribution in [-0.4, -0.2) is 12.6 Å². The fourth-order valence-electron chi connectivity index (χ4n) is 2.76. The van der Waals surface area contributed by atoms with Gasteiger partial charge in [0, 0.05) is 12.1 Å². The van der Waals surface area contributed by atoms with Gasteiger partial charge < -0.3 is 14.5 Å². The summed E-state index contributed by atoms with van der Waals surface area (Å²) in [6.07, 6.45) is 8.50. The number of furan rings is 1. The van der Waals surface area contributed by atoms with Crippen LogP contribution < -0.4 is 5.32 Å². The second-order valence-corrected chi connectivity index (χ2v) is 5.66. The molecular weight excluding hydrogens is 238 g/mol. The number of nitrogens with one attached hydrogen (secondary N) is 1. The minimum Gasteiger partial charge on any atom is -0.467 e. The first-order valence-electron chi connectivity index (χ1n) is 7.68. The van der Waals surface area contributed by atoms with Gasteiger partial charge in [0.2, 0.25) is 0 Å². The van der Waals surface area contributed by atoms with Crippen LogP contribution in [0.1, 0.15) is 57.3 Å². The van der Waals surface area contributed by atoms with E-state index >= 15 is 0 Å². The normalized spacial score (nSPS) is 23.7. The van der Waals surface area contributed by atoms with E-state index in [0.29, 0.717) is 18.6 Å². The van der Waals surface area contributed by atoms with E-state index in [-0.39, 0.29) is 0 Å². The van der Waals surface area contributed by atoms with E-state index in [1.807, 2.05) is 6.07 Å². The lowest BCUT2D eigenvalue weighted by Gasteiger charge is -2.28. The van der Waals surface area contributed by atoms with Gasteiger partial charge in [-0.1, -0.05) is 26.7 Å². The summed E-state index contributed by atoms with van der Waals surface area (Å²) >= 11 is 0. The lowest BCUT2D eigenvalue weighted by Crippen LogP contribution is -2.25. The number of rotatable bonds is 7. The molecule has 0 aromatic carbocycles. The smallest absolute Gasteiger partial charge is 0.133 e. The van der Waals surface area contributed by atoms with E-state index in [2.05, 4.69) is 19.2 Å². The summed E-state index contributed by atoms with van der Waals surface area (Å²) in [7, 11) is 0. The Labute approximate surface area is 116 Å². The highest BCUT2D eigenvalue weighted by molar-refractivity contribution is 5.16. The molecule has 2 rings (SSSR count). The van der Waals surface area contributed by atoms with Crippen LogP contribution in [0.4, 0.5) is 0 Å². The molecule has 0 saturated heterocycles. The molecule has 1 aliphatic rings. The van der Waals surface area contributed by atoms with Gasteiger partial charge in [-0.15, -0.1) is 0 Å². The van der Waals surface area contributed by atoms with Crippen molar-refractivity contribution >= 4 is 0 Å². The van der Waals surface area contributed by atoms with Gasteiger partial charge in [0.1, 0.15) is 12.4 Å². The summed E-state index contributed by atoms with van der Waals surface area (Å²) < 4.78 is 11.6. The molecule has 0 amide bonds. The Kier molecular flexibility index (Phi) is 5.93. The summed E-state index contributed by atoms with van der Waals surface area (Å²) in [4.78, 5) is 0. The monoisotopic (exact) mass is 265 g/mol. The first-order chi connectivity index (χ1) is 9.31. The predicted octanol–water partition coefficient (Wildman–Crippen LogP) is 3.87. The lowest BCUT2D eigenvalue weighted by atomic mass is 9.88. The van der Waals surface area contributed by atoms with Gasteiger partial charge >= 0.3 is 0 Å². The van der Waals surface area contributed by atoms with E-state index < -0.39 is 0 Å². The standard InChI is InChI=1S/C16H27NO2/c1-3-9-17-11-14-8-10-18-16(14)12-19-15-7-5-4-6-13(15)2/h8,10,13,15,17H,3-7,9,11-12H2,1-2H3. The van der Waals surface area contributed by atoms with Crippen molar-refractivity contribution in [2.75, 3.05) is 6.54 Å². The van der Waals surface area contributed by atoms with Crippen LogP contribution in [0.2, 0.25) is 0 Å². The van der Waals surface area contributed by atoms with E-state index in [9.17, 15) is 0 Å². The number of hydrogen-bond acceptors (Lipinski definition) is 3. The minimum atomic E-state index is 0.412. The van der Waals surface area contributed by atoms with Crippen LogP contribution in [0.3, 0.4) is 0 Å². The van der Waals surface area contributed by atoms with Crippen LogP contribution in [0, 0.1) is 5.92 Å². The Morgan fingerprint density at radius 2 is 2.21 bits per heavy atom. The summed E-state index contributed by atoms with van der Waals surface area (Å²) in [6, 6.07) is 2.05. The topological polar surface area (TPSA) is 34.4 Å². The van der Waals surface area contributed by atoms with Crippen molar-refractivity contribution in [3.63, 3.8) is 0 Å². The van der Waals surface area contributed by atoms with Crippen molar-refractivity contribution in [1.29, 1.82) is 0 Å². The van der Waals surface area contributed by atoms with Crippen molar-refractivity contribution < 1.29 is 9.15 Å². The van der Waals surface area contributed by atoms with E-state index in [1.54, 1.807) is 6.26 Å². The Morgan fingerprint density at radius 1 is 1.37 bits per heavy atom. The molecule has 1 aliphatic carbocycles. The second kappa shape index (κ2) is 7.71. The molecule has 2 unspecified atom stereocenters. The van der Waals surface area contributed by atoms with Gasteiger partial charge in [0.05, 0.1) is 12.4 Å². The fourth-order valence-corrected chi connectivity index (χ4v) is 2.76. The van der Waals surface area contributed by atoms with Crippen molar-refractivity contribution in [3.05, 3.63) is 23.7 Å². The van der Waals surface area contributed by atoms with Crippen LogP contribution >= 0.6 is 0 Å². The largest absolute Gasteiger partial charge is 0.467 e. The van der Waals surface area contributed by atoms with Crippen LogP contribution in [0.5, 0.6) is 0 Å². The highest BCUT2D eigenvalue weighted by Gasteiger charge is 2.22. The third kappa shape index (κ3) is 4.36. The summed E-state index contributed by atoms with van der Waals surface area (Å²) in [5.74, 6) is 1.67. The molecule has 0 bridgehead atoms. The quantitative estimate of drug-likeness (QED) is 0.760. The SMILES string of the molecule is CCCNCc1ccoc1COC1CCCCC1C. The van der Waals surface area contributed by atoms with Gasteiger partial charge in [-0.05, 0) is 37.8 Å². The Bertz CT molecular complexity index is 361. The minimum absolute atomic E-state index is 0.412. The maximum atomic E-state index is 6.07. The van der Waals surface area contributed by atoms with Crippen LogP contribution in [0.25, 0.3) is 0 Å². The summed E-state index contributed by atoms with van der Waals surface area (Å²) in [6.45, 7) is 7.02. The van der Waals surface area contributed by atoms with Gasteiger partial charge in [0.25, 0.3) is 0 Å². The van der Waals surface area contributed by atoms with Crippen LogP contribution in [0.15, 0.2) is 16.7 Å². The average Bonchev–Trinajstić information content (AvgIpc) is 2.86. The molecule has 3 nitrogen and oxygen atoms in total. The molecule has 1 fully saturated rings. The zero-order valence-electron chi connectivity index (χ0n) is 12.3. The third-order valence-corrected chi connectivity index (χ3v) is 4.04. The zero-order valence-corrected chi connectivity index (χ0v) is 12.3. The molecule has 0 radical (unpaired) electrons. The molecule has 1 N–H and O–H groups in total. The van der Waals surface area contributed by atoms with E-state index in [0.717, 1.165) is 25.3 Å². The third-order valence-electron chi connectivity index (χ3n) is 4.04. The van der Waals surface area contributed by atoms with Crippen molar-refractivity contribution in [2.45, 2.75) is 65.2 Å². The molecule has 1 aromatic heterocycles. The molecule has 2 atom stereocenters. The van der Waals surface area contributed by atoms with Gasteiger partial charge in [0.15, 0.2) is 0 Å². The van der Waals surface area contributed by atoms with E-state index in [1.165, 1.54) is 31.2 Å². The van der Waals surface area contributed by atoms with Gasteiger partial charge in [-0.3, -0.25) is 0 Å². The maximum absolute atomic E-state index is 6.07. The molecule has 1 heterocycles. The molecular formula is C16H27NO2. The number of hydrogen-bond donors (Lipinski definition) is 1. The molecule has 3 heteroatoms. The lowest BCUT2D eigenvalue weighted by molar-refractivity contribution is -0.0223. The second-order valence-electron chi connectivity index (χ2n) is 5.66. The molecule has 19 heavy (non-hydrogen) atoms. The average molecular weight is 265 g/mol. The van der Waals surface area contributed by atoms with E-state index in [4.69, 9.17) is 9.15 Å². The Hall–Kier alpha value is -0.800. The molecule has 0 aliphatic heterocycles. The maximum Gasteiger partial charge on any atom is 0.133 e. The Morgan fingerprint density at radius 3 is 3.00 bits per heavy atom.